The molecule has 0 aliphatic heterocycles. The summed E-state index contributed by atoms with van der Waals surface area (Å²) in [6.07, 6.45) is 1.88. The third-order valence-electron chi connectivity index (χ3n) is 4.14. The minimum atomic E-state index is -0.199. The Morgan fingerprint density at radius 3 is 2.39 bits per heavy atom. The summed E-state index contributed by atoms with van der Waals surface area (Å²) in [5.74, 6) is 1.46. The first-order valence-electron chi connectivity index (χ1n) is 7.64. The van der Waals surface area contributed by atoms with Crippen molar-refractivity contribution >= 4 is 11.6 Å². The molecule has 1 aliphatic rings. The second-order valence-corrected chi connectivity index (χ2v) is 5.74. The van der Waals surface area contributed by atoms with Crippen LogP contribution in [0, 0.1) is 5.82 Å². The van der Waals surface area contributed by atoms with E-state index in [9.17, 15) is 4.39 Å². The van der Waals surface area contributed by atoms with Crippen molar-refractivity contribution in [1.29, 1.82) is 0 Å². The largest absolute Gasteiger partial charge is 0.497 e. The minimum Gasteiger partial charge on any atom is -0.497 e. The molecule has 1 fully saturated rings. The molecule has 0 unspecified atom stereocenters. The molecular weight excluding hydrogens is 293 g/mol. The van der Waals surface area contributed by atoms with E-state index in [1.54, 1.807) is 7.11 Å². The van der Waals surface area contributed by atoms with Crippen LogP contribution in [-0.2, 0) is 0 Å². The first-order valence-corrected chi connectivity index (χ1v) is 7.64. The van der Waals surface area contributed by atoms with Crippen LogP contribution in [0.4, 0.5) is 10.1 Å². The predicted octanol–water partition coefficient (Wildman–Crippen LogP) is 3.51. The second-order valence-electron chi connectivity index (χ2n) is 5.74. The van der Waals surface area contributed by atoms with Crippen molar-refractivity contribution in [3.63, 3.8) is 0 Å². The van der Waals surface area contributed by atoms with Gasteiger partial charge in [-0.1, -0.05) is 12.1 Å². The Morgan fingerprint density at radius 2 is 1.78 bits per heavy atom. The molecule has 0 spiro atoms. The SMILES string of the molecule is COc1ccc(NC(N)=NC2CC(c3ccc(F)cc3)C2)cc1. The highest BCUT2D eigenvalue weighted by atomic mass is 19.1. The van der Waals surface area contributed by atoms with Crippen LogP contribution in [0.3, 0.4) is 0 Å². The smallest absolute Gasteiger partial charge is 0.193 e. The second kappa shape index (κ2) is 6.69. The van der Waals surface area contributed by atoms with Crippen LogP contribution in [0.2, 0.25) is 0 Å². The molecule has 0 atom stereocenters. The van der Waals surface area contributed by atoms with E-state index in [4.69, 9.17) is 10.5 Å². The number of aliphatic imine (C=N–C) groups is 1. The number of hydrogen-bond donors (Lipinski definition) is 2. The van der Waals surface area contributed by atoms with E-state index in [0.717, 1.165) is 24.3 Å². The van der Waals surface area contributed by atoms with Crippen LogP contribution in [-0.4, -0.2) is 19.1 Å². The maximum Gasteiger partial charge on any atom is 0.193 e. The number of methoxy groups -OCH3 is 1. The standard InChI is InChI=1S/C18H20FN3O/c1-23-17-8-6-15(7-9-17)21-18(20)22-16-10-13(11-16)12-2-4-14(19)5-3-12/h2-9,13,16H,10-11H2,1H3,(H3,20,21,22). The summed E-state index contributed by atoms with van der Waals surface area (Å²) in [4.78, 5) is 4.49. The predicted molar refractivity (Wildman–Crippen MR) is 90.4 cm³/mol. The molecule has 120 valence electrons. The van der Waals surface area contributed by atoms with Crippen molar-refractivity contribution in [1.82, 2.24) is 0 Å². The Hall–Kier alpha value is -2.56. The lowest BCUT2D eigenvalue weighted by atomic mass is 9.76. The van der Waals surface area contributed by atoms with Gasteiger partial charge in [-0.15, -0.1) is 0 Å². The van der Waals surface area contributed by atoms with Gasteiger partial charge in [0.15, 0.2) is 5.96 Å². The summed E-state index contributed by atoms with van der Waals surface area (Å²) in [5, 5.41) is 3.08. The number of benzene rings is 2. The summed E-state index contributed by atoms with van der Waals surface area (Å²) in [5.41, 5.74) is 7.99. The quantitative estimate of drug-likeness (QED) is 0.671. The maximum absolute atomic E-state index is 12.9. The molecule has 3 N–H and O–H groups in total. The molecule has 23 heavy (non-hydrogen) atoms. The van der Waals surface area contributed by atoms with Crippen molar-refractivity contribution in [2.75, 3.05) is 12.4 Å². The van der Waals surface area contributed by atoms with Crippen molar-refractivity contribution in [2.45, 2.75) is 24.8 Å². The molecule has 1 aliphatic carbocycles. The van der Waals surface area contributed by atoms with Crippen molar-refractivity contribution in [2.24, 2.45) is 10.7 Å². The third kappa shape index (κ3) is 3.80. The van der Waals surface area contributed by atoms with Gasteiger partial charge in [0.05, 0.1) is 13.2 Å². The van der Waals surface area contributed by atoms with Gasteiger partial charge in [0, 0.05) is 5.69 Å². The number of nitrogens with one attached hydrogen (secondary N) is 1. The molecule has 0 radical (unpaired) electrons. The van der Waals surface area contributed by atoms with Gasteiger partial charge in [0.1, 0.15) is 11.6 Å². The average Bonchev–Trinajstić information content (AvgIpc) is 2.52. The highest BCUT2D eigenvalue weighted by molar-refractivity contribution is 5.92. The molecule has 2 aromatic carbocycles. The highest BCUT2D eigenvalue weighted by Crippen LogP contribution is 2.38. The molecule has 3 rings (SSSR count). The van der Waals surface area contributed by atoms with Gasteiger partial charge >= 0.3 is 0 Å². The third-order valence-corrected chi connectivity index (χ3v) is 4.14. The lowest BCUT2D eigenvalue weighted by Crippen LogP contribution is -2.31. The molecule has 0 heterocycles. The molecule has 0 bridgehead atoms. The van der Waals surface area contributed by atoms with Crippen molar-refractivity contribution < 1.29 is 9.13 Å². The van der Waals surface area contributed by atoms with E-state index in [-0.39, 0.29) is 11.9 Å². The fraction of sp³-hybridized carbons (Fsp3) is 0.278. The number of ether oxygens (including phenoxy) is 1. The molecular formula is C18H20FN3O. The van der Waals surface area contributed by atoms with Gasteiger partial charge < -0.3 is 15.8 Å². The van der Waals surface area contributed by atoms with Gasteiger partial charge in [0.25, 0.3) is 0 Å². The van der Waals surface area contributed by atoms with Gasteiger partial charge in [-0.2, -0.15) is 0 Å². The Labute approximate surface area is 135 Å². The maximum atomic E-state index is 12.9. The normalized spacial score (nSPS) is 20.7. The molecule has 0 saturated heterocycles. The summed E-state index contributed by atoms with van der Waals surface area (Å²) >= 11 is 0. The molecule has 1 saturated carbocycles. The van der Waals surface area contributed by atoms with E-state index in [0.29, 0.717) is 11.9 Å². The molecule has 0 aromatic heterocycles. The number of nitrogens with zero attached hydrogens (tertiary/aromatic N) is 1. The van der Waals surface area contributed by atoms with E-state index in [1.165, 1.54) is 17.7 Å². The average molecular weight is 313 g/mol. The number of nitrogens with two attached hydrogens (primary N) is 1. The van der Waals surface area contributed by atoms with Gasteiger partial charge in [-0.05, 0) is 60.7 Å². The van der Waals surface area contributed by atoms with Crippen molar-refractivity contribution in [3.8, 4) is 5.75 Å². The van der Waals surface area contributed by atoms with E-state index < -0.39 is 0 Å². The van der Waals surface area contributed by atoms with Crippen LogP contribution in [0.5, 0.6) is 5.75 Å². The minimum absolute atomic E-state index is 0.199. The number of rotatable bonds is 4. The fourth-order valence-electron chi connectivity index (χ4n) is 2.75. The van der Waals surface area contributed by atoms with Crippen LogP contribution >= 0.6 is 0 Å². The summed E-state index contributed by atoms with van der Waals surface area (Å²) in [6, 6.07) is 14.4. The zero-order valence-electron chi connectivity index (χ0n) is 13.0. The number of halogens is 1. The van der Waals surface area contributed by atoms with Gasteiger partial charge in [-0.25, -0.2) is 9.38 Å². The van der Waals surface area contributed by atoms with Crippen LogP contribution in [0.25, 0.3) is 0 Å². The topological polar surface area (TPSA) is 59.6 Å². The Balaban J connectivity index is 1.52. The Bertz CT molecular complexity index is 676. The number of hydrogen-bond acceptors (Lipinski definition) is 2. The first kappa shape index (κ1) is 15.3. The zero-order chi connectivity index (χ0) is 16.2. The molecule has 4 nitrogen and oxygen atoms in total. The summed E-state index contributed by atoms with van der Waals surface area (Å²) < 4.78 is 18.0. The zero-order valence-corrected chi connectivity index (χ0v) is 13.0. The van der Waals surface area contributed by atoms with E-state index >= 15 is 0 Å². The summed E-state index contributed by atoms with van der Waals surface area (Å²) in [6.45, 7) is 0. The Kier molecular flexibility index (Phi) is 4.46. The summed E-state index contributed by atoms with van der Waals surface area (Å²) in [7, 11) is 1.63. The molecule has 2 aromatic rings. The molecule has 5 heteroatoms. The van der Waals surface area contributed by atoms with Crippen molar-refractivity contribution in [3.05, 3.63) is 59.9 Å². The lowest BCUT2D eigenvalue weighted by molar-refractivity contribution is 0.353. The molecule has 0 amide bonds. The fourth-order valence-corrected chi connectivity index (χ4v) is 2.75. The number of anilines is 1. The van der Waals surface area contributed by atoms with E-state index in [1.807, 2.05) is 36.4 Å². The lowest BCUT2D eigenvalue weighted by Gasteiger charge is -2.33. The monoisotopic (exact) mass is 313 g/mol. The van der Waals surface area contributed by atoms with Crippen LogP contribution in [0.1, 0.15) is 24.3 Å². The van der Waals surface area contributed by atoms with E-state index in [2.05, 4.69) is 10.3 Å². The highest BCUT2D eigenvalue weighted by Gasteiger charge is 2.30. The Morgan fingerprint density at radius 1 is 1.13 bits per heavy atom. The first-order chi connectivity index (χ1) is 11.1. The van der Waals surface area contributed by atoms with Crippen LogP contribution < -0.4 is 15.8 Å². The van der Waals surface area contributed by atoms with Gasteiger partial charge in [-0.3, -0.25) is 0 Å². The van der Waals surface area contributed by atoms with Crippen LogP contribution in [0.15, 0.2) is 53.5 Å². The van der Waals surface area contributed by atoms with Gasteiger partial charge in [0.2, 0.25) is 0 Å². The number of guanidine groups is 1.